The molecule has 0 heterocycles. The third-order valence-electron chi connectivity index (χ3n) is 2.88. The zero-order valence-corrected chi connectivity index (χ0v) is 10.8. The number of carbonyl (C=O) groups is 1. The van der Waals surface area contributed by atoms with Crippen molar-refractivity contribution in [3.05, 3.63) is 41.5 Å². The summed E-state index contributed by atoms with van der Waals surface area (Å²) in [6.07, 6.45) is 4.68. The minimum atomic E-state index is -0.386. The van der Waals surface area contributed by atoms with Crippen LogP contribution in [0, 0.1) is 0 Å². The van der Waals surface area contributed by atoms with Crippen LogP contribution in [0.3, 0.4) is 0 Å². The predicted octanol–water partition coefficient (Wildman–Crippen LogP) is 3.55. The normalized spacial score (nSPS) is 10.2. The van der Waals surface area contributed by atoms with Gasteiger partial charge in [0, 0.05) is 5.56 Å². The van der Waals surface area contributed by atoms with Crippen molar-refractivity contribution in [1.29, 1.82) is 0 Å². The largest absolute Gasteiger partial charge is 0.366 e. The van der Waals surface area contributed by atoms with E-state index in [-0.39, 0.29) is 5.91 Å². The van der Waals surface area contributed by atoms with Crippen molar-refractivity contribution in [2.45, 2.75) is 39.5 Å². The summed E-state index contributed by atoms with van der Waals surface area (Å²) in [7, 11) is 0. The van der Waals surface area contributed by atoms with Crippen molar-refractivity contribution in [3.8, 4) is 0 Å². The SMILES string of the molecule is C=C(C)c1cc(CCCCC)ccc1C(N)=O. The van der Waals surface area contributed by atoms with E-state index in [1.807, 2.05) is 25.1 Å². The van der Waals surface area contributed by atoms with E-state index in [2.05, 4.69) is 13.5 Å². The molecule has 0 aliphatic rings. The van der Waals surface area contributed by atoms with E-state index >= 15 is 0 Å². The number of nitrogens with two attached hydrogens (primary N) is 1. The number of unbranched alkanes of at least 4 members (excludes halogenated alkanes) is 2. The topological polar surface area (TPSA) is 43.1 Å². The van der Waals surface area contributed by atoms with E-state index in [0.717, 1.165) is 17.6 Å². The molecule has 0 saturated carbocycles. The second kappa shape index (κ2) is 6.24. The van der Waals surface area contributed by atoms with Crippen LogP contribution in [0.2, 0.25) is 0 Å². The minimum absolute atomic E-state index is 0.386. The molecule has 2 nitrogen and oxygen atoms in total. The number of aryl methyl sites for hydroxylation is 1. The Labute approximate surface area is 104 Å². The van der Waals surface area contributed by atoms with Gasteiger partial charge >= 0.3 is 0 Å². The molecule has 0 aromatic heterocycles. The molecule has 0 spiro atoms. The Hall–Kier alpha value is -1.57. The Bertz CT molecular complexity index is 421. The number of amides is 1. The number of benzene rings is 1. The summed E-state index contributed by atoms with van der Waals surface area (Å²) in [4.78, 5) is 11.3. The monoisotopic (exact) mass is 231 g/mol. The summed E-state index contributed by atoms with van der Waals surface area (Å²) in [5.74, 6) is -0.386. The molecule has 0 atom stereocenters. The molecule has 0 unspecified atom stereocenters. The lowest BCUT2D eigenvalue weighted by molar-refractivity contribution is 0.1000. The summed E-state index contributed by atoms with van der Waals surface area (Å²) < 4.78 is 0. The highest BCUT2D eigenvalue weighted by atomic mass is 16.1. The van der Waals surface area contributed by atoms with E-state index in [9.17, 15) is 4.79 Å². The predicted molar refractivity (Wildman–Crippen MR) is 72.9 cm³/mol. The minimum Gasteiger partial charge on any atom is -0.366 e. The molecule has 1 amide bonds. The van der Waals surface area contributed by atoms with Crippen LogP contribution in [0.5, 0.6) is 0 Å². The van der Waals surface area contributed by atoms with Crippen LogP contribution < -0.4 is 5.73 Å². The maximum absolute atomic E-state index is 11.3. The first-order valence-electron chi connectivity index (χ1n) is 6.15. The summed E-state index contributed by atoms with van der Waals surface area (Å²) in [6.45, 7) is 7.99. The van der Waals surface area contributed by atoms with Gasteiger partial charge < -0.3 is 5.73 Å². The van der Waals surface area contributed by atoms with Gasteiger partial charge in [-0.1, -0.05) is 44.1 Å². The fourth-order valence-electron chi connectivity index (χ4n) is 1.89. The standard InChI is InChI=1S/C15H21NO/c1-4-5-6-7-12-8-9-13(15(16)17)14(10-12)11(2)3/h8-10H,2,4-7H2,1,3H3,(H2,16,17). The fraction of sp³-hybridized carbons (Fsp3) is 0.400. The van der Waals surface area contributed by atoms with Crippen LogP contribution in [0.4, 0.5) is 0 Å². The molecule has 2 N–H and O–H groups in total. The molecular weight excluding hydrogens is 210 g/mol. The highest BCUT2D eigenvalue weighted by Gasteiger charge is 2.09. The number of hydrogen-bond donors (Lipinski definition) is 1. The number of rotatable bonds is 6. The van der Waals surface area contributed by atoms with Crippen molar-refractivity contribution in [2.75, 3.05) is 0 Å². The summed E-state index contributed by atoms with van der Waals surface area (Å²) in [6, 6.07) is 5.84. The third kappa shape index (κ3) is 3.74. The van der Waals surface area contributed by atoms with Crippen molar-refractivity contribution < 1.29 is 4.79 Å². The average Bonchev–Trinajstić information content (AvgIpc) is 2.29. The Balaban J connectivity index is 2.94. The summed E-state index contributed by atoms with van der Waals surface area (Å²) in [5, 5.41) is 0. The van der Waals surface area contributed by atoms with Gasteiger partial charge in [-0.05, 0) is 37.0 Å². The van der Waals surface area contributed by atoms with Gasteiger partial charge in [0.2, 0.25) is 5.91 Å². The summed E-state index contributed by atoms with van der Waals surface area (Å²) >= 11 is 0. The van der Waals surface area contributed by atoms with Gasteiger partial charge in [0.25, 0.3) is 0 Å². The lowest BCUT2D eigenvalue weighted by Crippen LogP contribution is -2.13. The Morgan fingerprint density at radius 3 is 2.53 bits per heavy atom. The molecule has 92 valence electrons. The Kier molecular flexibility index (Phi) is 4.95. The van der Waals surface area contributed by atoms with E-state index in [1.54, 1.807) is 0 Å². The number of primary amides is 1. The number of allylic oxidation sites excluding steroid dienone is 1. The third-order valence-corrected chi connectivity index (χ3v) is 2.88. The van der Waals surface area contributed by atoms with Gasteiger partial charge in [0.1, 0.15) is 0 Å². The molecule has 2 heteroatoms. The first kappa shape index (κ1) is 13.5. The van der Waals surface area contributed by atoms with Crippen LogP contribution in [-0.2, 0) is 6.42 Å². The van der Waals surface area contributed by atoms with Gasteiger partial charge in [-0.25, -0.2) is 0 Å². The van der Waals surface area contributed by atoms with Gasteiger partial charge in [-0.3, -0.25) is 4.79 Å². The molecule has 1 aromatic rings. The maximum Gasteiger partial charge on any atom is 0.249 e. The first-order chi connectivity index (χ1) is 8.06. The van der Waals surface area contributed by atoms with Crippen LogP contribution >= 0.6 is 0 Å². The zero-order chi connectivity index (χ0) is 12.8. The van der Waals surface area contributed by atoms with Crippen LogP contribution in [-0.4, -0.2) is 5.91 Å². The molecule has 0 fully saturated rings. The highest BCUT2D eigenvalue weighted by Crippen LogP contribution is 2.20. The van der Waals surface area contributed by atoms with Crippen molar-refractivity contribution in [3.63, 3.8) is 0 Å². The second-order valence-electron chi connectivity index (χ2n) is 4.48. The first-order valence-corrected chi connectivity index (χ1v) is 6.15. The molecule has 0 aliphatic carbocycles. The van der Waals surface area contributed by atoms with Gasteiger partial charge in [0.05, 0.1) is 0 Å². The maximum atomic E-state index is 11.3. The van der Waals surface area contributed by atoms with Crippen molar-refractivity contribution in [1.82, 2.24) is 0 Å². The number of hydrogen-bond acceptors (Lipinski definition) is 1. The molecule has 17 heavy (non-hydrogen) atoms. The van der Waals surface area contributed by atoms with Crippen molar-refractivity contribution >= 4 is 11.5 Å². The number of carbonyl (C=O) groups excluding carboxylic acids is 1. The second-order valence-corrected chi connectivity index (χ2v) is 4.48. The summed E-state index contributed by atoms with van der Waals surface area (Å²) in [5.41, 5.74) is 8.93. The average molecular weight is 231 g/mol. The molecular formula is C15H21NO. The zero-order valence-electron chi connectivity index (χ0n) is 10.8. The molecule has 0 radical (unpaired) electrons. The Morgan fingerprint density at radius 2 is 2.00 bits per heavy atom. The van der Waals surface area contributed by atoms with Gasteiger partial charge in [-0.2, -0.15) is 0 Å². The van der Waals surface area contributed by atoms with Gasteiger partial charge in [0.15, 0.2) is 0 Å². The van der Waals surface area contributed by atoms with E-state index in [1.165, 1.54) is 24.8 Å². The Morgan fingerprint density at radius 1 is 1.29 bits per heavy atom. The van der Waals surface area contributed by atoms with Crippen molar-refractivity contribution in [2.24, 2.45) is 5.73 Å². The highest BCUT2D eigenvalue weighted by molar-refractivity contribution is 5.97. The van der Waals surface area contributed by atoms with Crippen LogP contribution in [0.15, 0.2) is 24.8 Å². The fourth-order valence-corrected chi connectivity index (χ4v) is 1.89. The lowest BCUT2D eigenvalue weighted by Gasteiger charge is -2.09. The molecule has 0 saturated heterocycles. The smallest absolute Gasteiger partial charge is 0.249 e. The van der Waals surface area contributed by atoms with E-state index < -0.39 is 0 Å². The lowest BCUT2D eigenvalue weighted by atomic mass is 9.96. The van der Waals surface area contributed by atoms with Gasteiger partial charge in [-0.15, -0.1) is 0 Å². The quantitative estimate of drug-likeness (QED) is 0.747. The van der Waals surface area contributed by atoms with Crippen LogP contribution in [0.1, 0.15) is 54.6 Å². The van der Waals surface area contributed by atoms with E-state index in [0.29, 0.717) is 5.56 Å². The van der Waals surface area contributed by atoms with Crippen LogP contribution in [0.25, 0.3) is 5.57 Å². The molecule has 0 bridgehead atoms. The van der Waals surface area contributed by atoms with E-state index in [4.69, 9.17) is 5.73 Å². The molecule has 0 aliphatic heterocycles. The molecule has 1 rings (SSSR count). The molecule has 1 aromatic carbocycles.